The van der Waals surface area contributed by atoms with Crippen LogP contribution in [0.5, 0.6) is 0 Å². The normalized spacial score (nSPS) is 25.1. The zero-order valence-corrected chi connectivity index (χ0v) is 10.4. The summed E-state index contributed by atoms with van der Waals surface area (Å²) in [4.78, 5) is 6.78. The van der Waals surface area contributed by atoms with Gasteiger partial charge < -0.3 is 4.90 Å². The molecule has 0 spiro atoms. The lowest BCUT2D eigenvalue weighted by atomic mass is 10.1. The Labute approximate surface area is 102 Å². The van der Waals surface area contributed by atoms with Crippen LogP contribution in [0.15, 0.2) is 35.3 Å². The van der Waals surface area contributed by atoms with E-state index in [1.165, 1.54) is 6.42 Å². The molecule has 0 saturated carbocycles. The maximum Gasteiger partial charge on any atom is 0.213 e. The van der Waals surface area contributed by atoms with E-state index >= 15 is 0 Å². The number of likely N-dealkylation sites (tertiary alicyclic amines) is 1. The lowest BCUT2D eigenvalue weighted by Crippen LogP contribution is -2.46. The van der Waals surface area contributed by atoms with E-state index in [1.807, 2.05) is 30.3 Å². The van der Waals surface area contributed by atoms with Gasteiger partial charge in [0.2, 0.25) is 5.96 Å². The van der Waals surface area contributed by atoms with Crippen LogP contribution in [0.4, 0.5) is 5.69 Å². The van der Waals surface area contributed by atoms with Crippen LogP contribution in [0.2, 0.25) is 0 Å². The third-order valence-electron chi connectivity index (χ3n) is 3.18. The van der Waals surface area contributed by atoms with E-state index in [0.29, 0.717) is 12.0 Å². The Balaban J connectivity index is 2.19. The number of aliphatic imine (C=N–C) groups is 1. The molecule has 1 heterocycles. The third kappa shape index (κ3) is 2.77. The molecule has 1 aliphatic heterocycles. The molecule has 0 amide bonds. The summed E-state index contributed by atoms with van der Waals surface area (Å²) < 4.78 is 0. The molecule has 1 aromatic rings. The van der Waals surface area contributed by atoms with Crippen molar-refractivity contribution < 1.29 is 0 Å². The van der Waals surface area contributed by atoms with Gasteiger partial charge in [0.05, 0.1) is 5.69 Å². The SMILES string of the molecule is CC1CC(C)N(C(=Nc2ccccc2)NN)C1. The topological polar surface area (TPSA) is 53.6 Å². The average molecular weight is 232 g/mol. The summed E-state index contributed by atoms with van der Waals surface area (Å²) in [6.07, 6.45) is 1.19. The fourth-order valence-electron chi connectivity index (χ4n) is 2.40. The summed E-state index contributed by atoms with van der Waals surface area (Å²) in [5, 5.41) is 0. The van der Waals surface area contributed by atoms with Gasteiger partial charge in [-0.05, 0) is 31.4 Å². The standard InChI is InChI=1S/C13H20N4/c1-10-8-11(2)17(9-10)13(16-14)15-12-6-4-3-5-7-12/h3-7,10-11H,8-9,14H2,1-2H3,(H,15,16). The molecule has 2 unspecified atom stereocenters. The van der Waals surface area contributed by atoms with Crippen LogP contribution in [0.3, 0.4) is 0 Å². The Morgan fingerprint density at radius 2 is 2.06 bits per heavy atom. The summed E-state index contributed by atoms with van der Waals surface area (Å²) in [6.45, 7) is 5.48. The van der Waals surface area contributed by atoms with Gasteiger partial charge in [0.1, 0.15) is 0 Å². The number of nitrogens with two attached hydrogens (primary N) is 1. The summed E-state index contributed by atoms with van der Waals surface area (Å²) in [6, 6.07) is 10.4. The van der Waals surface area contributed by atoms with Crippen molar-refractivity contribution in [2.45, 2.75) is 26.3 Å². The second-order valence-electron chi connectivity index (χ2n) is 4.76. The molecule has 0 bridgehead atoms. The second kappa shape index (κ2) is 5.19. The number of guanidine groups is 1. The Bertz CT molecular complexity index is 388. The van der Waals surface area contributed by atoms with Crippen LogP contribution >= 0.6 is 0 Å². The highest BCUT2D eigenvalue weighted by molar-refractivity contribution is 5.82. The van der Waals surface area contributed by atoms with Gasteiger partial charge in [-0.2, -0.15) is 0 Å². The number of hydrogen-bond donors (Lipinski definition) is 2. The Kier molecular flexibility index (Phi) is 3.64. The van der Waals surface area contributed by atoms with Gasteiger partial charge in [0, 0.05) is 12.6 Å². The Hall–Kier alpha value is -1.55. The largest absolute Gasteiger partial charge is 0.339 e. The Morgan fingerprint density at radius 1 is 1.35 bits per heavy atom. The maximum atomic E-state index is 5.59. The fraction of sp³-hybridized carbons (Fsp3) is 0.462. The fourth-order valence-corrected chi connectivity index (χ4v) is 2.40. The lowest BCUT2D eigenvalue weighted by molar-refractivity contribution is 0.397. The van der Waals surface area contributed by atoms with Crippen molar-refractivity contribution in [2.75, 3.05) is 6.54 Å². The molecule has 1 saturated heterocycles. The van der Waals surface area contributed by atoms with Crippen molar-refractivity contribution in [1.82, 2.24) is 10.3 Å². The number of rotatable bonds is 1. The van der Waals surface area contributed by atoms with Crippen molar-refractivity contribution in [3.8, 4) is 0 Å². The van der Waals surface area contributed by atoms with E-state index in [2.05, 4.69) is 29.2 Å². The molecule has 2 rings (SSSR count). The first-order valence-electron chi connectivity index (χ1n) is 6.07. The van der Waals surface area contributed by atoms with Crippen molar-refractivity contribution in [3.05, 3.63) is 30.3 Å². The van der Waals surface area contributed by atoms with Gasteiger partial charge in [0.15, 0.2) is 0 Å². The van der Waals surface area contributed by atoms with Crippen LogP contribution in [-0.2, 0) is 0 Å². The average Bonchev–Trinajstić information content (AvgIpc) is 2.67. The van der Waals surface area contributed by atoms with Crippen molar-refractivity contribution in [3.63, 3.8) is 0 Å². The van der Waals surface area contributed by atoms with Gasteiger partial charge in [-0.25, -0.2) is 10.8 Å². The van der Waals surface area contributed by atoms with Crippen molar-refractivity contribution in [1.29, 1.82) is 0 Å². The first kappa shape index (κ1) is 11.9. The van der Waals surface area contributed by atoms with Crippen LogP contribution in [0, 0.1) is 5.92 Å². The minimum atomic E-state index is 0.489. The molecule has 0 radical (unpaired) electrons. The smallest absolute Gasteiger partial charge is 0.213 e. The van der Waals surface area contributed by atoms with Crippen LogP contribution < -0.4 is 11.3 Å². The van der Waals surface area contributed by atoms with Crippen LogP contribution in [0.1, 0.15) is 20.3 Å². The number of nitrogens with one attached hydrogen (secondary N) is 1. The van der Waals surface area contributed by atoms with Gasteiger partial charge in [-0.15, -0.1) is 0 Å². The number of nitrogens with zero attached hydrogens (tertiary/aromatic N) is 2. The highest BCUT2D eigenvalue weighted by atomic mass is 15.4. The minimum absolute atomic E-state index is 0.489. The molecular formula is C13H20N4. The highest BCUT2D eigenvalue weighted by Gasteiger charge is 2.28. The number of hydrogen-bond acceptors (Lipinski definition) is 2. The van der Waals surface area contributed by atoms with Gasteiger partial charge in [-0.3, -0.25) is 5.43 Å². The minimum Gasteiger partial charge on any atom is -0.339 e. The predicted octanol–water partition coefficient (Wildman–Crippen LogP) is 1.87. The number of para-hydroxylation sites is 1. The second-order valence-corrected chi connectivity index (χ2v) is 4.76. The molecular weight excluding hydrogens is 212 g/mol. The van der Waals surface area contributed by atoms with E-state index in [-0.39, 0.29) is 0 Å². The molecule has 1 aliphatic rings. The molecule has 0 aliphatic carbocycles. The molecule has 17 heavy (non-hydrogen) atoms. The van der Waals surface area contributed by atoms with E-state index in [9.17, 15) is 0 Å². The molecule has 1 aromatic carbocycles. The summed E-state index contributed by atoms with van der Waals surface area (Å²) in [7, 11) is 0. The lowest BCUT2D eigenvalue weighted by Gasteiger charge is -2.24. The maximum absolute atomic E-state index is 5.59. The van der Waals surface area contributed by atoms with Crippen LogP contribution in [0.25, 0.3) is 0 Å². The molecule has 1 fully saturated rings. The monoisotopic (exact) mass is 232 g/mol. The predicted molar refractivity (Wildman–Crippen MR) is 70.8 cm³/mol. The summed E-state index contributed by atoms with van der Waals surface area (Å²) in [5.74, 6) is 7.04. The zero-order chi connectivity index (χ0) is 12.3. The molecule has 0 aromatic heterocycles. The first-order chi connectivity index (χ1) is 8.20. The van der Waals surface area contributed by atoms with Gasteiger partial charge >= 0.3 is 0 Å². The van der Waals surface area contributed by atoms with E-state index in [4.69, 9.17) is 5.84 Å². The summed E-state index contributed by atoms with van der Waals surface area (Å²) in [5.41, 5.74) is 3.64. The molecule has 2 atom stereocenters. The summed E-state index contributed by atoms with van der Waals surface area (Å²) >= 11 is 0. The van der Waals surface area contributed by atoms with E-state index in [0.717, 1.165) is 18.2 Å². The quantitative estimate of drug-likeness (QED) is 0.336. The van der Waals surface area contributed by atoms with Crippen LogP contribution in [-0.4, -0.2) is 23.4 Å². The zero-order valence-electron chi connectivity index (χ0n) is 10.4. The Morgan fingerprint density at radius 3 is 2.59 bits per heavy atom. The molecule has 92 valence electrons. The molecule has 3 N–H and O–H groups in total. The first-order valence-corrected chi connectivity index (χ1v) is 6.07. The third-order valence-corrected chi connectivity index (χ3v) is 3.18. The molecule has 4 heteroatoms. The van der Waals surface area contributed by atoms with Crippen molar-refractivity contribution in [2.24, 2.45) is 16.8 Å². The van der Waals surface area contributed by atoms with E-state index < -0.39 is 0 Å². The van der Waals surface area contributed by atoms with E-state index in [1.54, 1.807) is 0 Å². The van der Waals surface area contributed by atoms with Gasteiger partial charge in [-0.1, -0.05) is 25.1 Å². The molecule has 4 nitrogen and oxygen atoms in total. The highest BCUT2D eigenvalue weighted by Crippen LogP contribution is 2.23. The number of benzene rings is 1. The number of hydrazine groups is 1. The van der Waals surface area contributed by atoms with Gasteiger partial charge in [0.25, 0.3) is 0 Å². The van der Waals surface area contributed by atoms with Crippen molar-refractivity contribution >= 4 is 11.6 Å².